The number of nitro groups is 1. The van der Waals surface area contributed by atoms with Gasteiger partial charge < -0.3 is 15.4 Å². The zero-order valence-electron chi connectivity index (χ0n) is 16.4. The predicted octanol–water partition coefficient (Wildman–Crippen LogP) is 2.39. The molecule has 0 spiro atoms. The summed E-state index contributed by atoms with van der Waals surface area (Å²) in [6, 6.07) is 4.73. The van der Waals surface area contributed by atoms with Gasteiger partial charge in [0.05, 0.1) is 10.6 Å². The Morgan fingerprint density at radius 2 is 2.11 bits per heavy atom. The molecule has 3 N–H and O–H groups in total. The number of carbonyl (C=O) groups excluding carboxylic acids is 2. The highest BCUT2D eigenvalue weighted by Crippen LogP contribution is 2.27. The van der Waals surface area contributed by atoms with E-state index in [0.717, 1.165) is 0 Å². The van der Waals surface area contributed by atoms with Crippen LogP contribution in [0.3, 0.4) is 0 Å². The van der Waals surface area contributed by atoms with E-state index in [9.17, 15) is 19.7 Å². The zero-order chi connectivity index (χ0) is 20.9. The minimum Gasteiger partial charge on any atom is -0.444 e. The first-order valence-electron chi connectivity index (χ1n) is 8.93. The first kappa shape index (κ1) is 21.1. The van der Waals surface area contributed by atoms with Gasteiger partial charge in [-0.2, -0.15) is 5.10 Å². The summed E-state index contributed by atoms with van der Waals surface area (Å²) in [7, 11) is 0. The zero-order valence-corrected chi connectivity index (χ0v) is 16.4. The van der Waals surface area contributed by atoms with Crippen molar-refractivity contribution in [2.75, 3.05) is 18.4 Å². The second kappa shape index (κ2) is 8.68. The molecule has 0 bridgehead atoms. The van der Waals surface area contributed by atoms with Crippen molar-refractivity contribution >= 4 is 29.1 Å². The maximum absolute atomic E-state index is 11.6. The van der Waals surface area contributed by atoms with Gasteiger partial charge in [0.2, 0.25) is 5.91 Å². The van der Waals surface area contributed by atoms with E-state index in [1.165, 1.54) is 6.07 Å². The van der Waals surface area contributed by atoms with E-state index in [1.54, 1.807) is 32.9 Å². The molecule has 0 aliphatic carbocycles. The van der Waals surface area contributed by atoms with Gasteiger partial charge in [-0.1, -0.05) is 13.0 Å². The third-order valence-corrected chi connectivity index (χ3v) is 3.86. The van der Waals surface area contributed by atoms with Crippen LogP contribution in [0.5, 0.6) is 0 Å². The Morgan fingerprint density at radius 3 is 2.71 bits per heavy atom. The Kier molecular flexibility index (Phi) is 6.55. The van der Waals surface area contributed by atoms with Crippen LogP contribution in [0.25, 0.3) is 0 Å². The van der Waals surface area contributed by atoms with Crippen molar-refractivity contribution in [1.29, 1.82) is 0 Å². The SMILES string of the molecule is CC1CC(=O)NN=C1c1ccc(NCCNC(=O)OC(C)(C)C)c([N+](=O)[O-])c1. The summed E-state index contributed by atoms with van der Waals surface area (Å²) < 4.78 is 5.12. The number of anilines is 1. The molecule has 1 aromatic carbocycles. The van der Waals surface area contributed by atoms with E-state index in [-0.39, 0.29) is 37.0 Å². The van der Waals surface area contributed by atoms with Crippen molar-refractivity contribution in [3.05, 3.63) is 33.9 Å². The van der Waals surface area contributed by atoms with Gasteiger partial charge in [-0.3, -0.25) is 14.9 Å². The molecule has 2 rings (SSSR count). The smallest absolute Gasteiger partial charge is 0.407 e. The first-order chi connectivity index (χ1) is 13.1. The molecule has 0 radical (unpaired) electrons. The molecule has 0 aromatic heterocycles. The lowest BCUT2D eigenvalue weighted by Crippen LogP contribution is -2.35. The summed E-state index contributed by atoms with van der Waals surface area (Å²) in [6.45, 7) is 7.66. The number of hydrazone groups is 1. The quantitative estimate of drug-likeness (QED) is 0.387. The third-order valence-electron chi connectivity index (χ3n) is 3.86. The molecule has 10 heteroatoms. The largest absolute Gasteiger partial charge is 0.444 e. The summed E-state index contributed by atoms with van der Waals surface area (Å²) in [5.74, 6) is -0.313. The minimum atomic E-state index is -0.593. The molecule has 0 fully saturated rings. The minimum absolute atomic E-state index is 0.110. The molecule has 28 heavy (non-hydrogen) atoms. The summed E-state index contributed by atoms with van der Waals surface area (Å²) >= 11 is 0. The highest BCUT2D eigenvalue weighted by molar-refractivity contribution is 6.06. The lowest BCUT2D eigenvalue weighted by Gasteiger charge is -2.20. The highest BCUT2D eigenvalue weighted by atomic mass is 16.6. The van der Waals surface area contributed by atoms with Gasteiger partial charge in [-0.25, -0.2) is 10.2 Å². The van der Waals surface area contributed by atoms with E-state index < -0.39 is 16.6 Å². The Balaban J connectivity index is 2.02. The number of carbonyl (C=O) groups is 2. The molecule has 0 saturated carbocycles. The number of ether oxygens (including phenoxy) is 1. The van der Waals surface area contributed by atoms with Crippen molar-refractivity contribution < 1.29 is 19.2 Å². The third kappa shape index (κ3) is 5.93. The Hall–Kier alpha value is -3.17. The summed E-state index contributed by atoms with van der Waals surface area (Å²) in [5.41, 5.74) is 3.21. The normalized spacial score (nSPS) is 16.6. The van der Waals surface area contributed by atoms with Gasteiger partial charge in [0.15, 0.2) is 0 Å². The molecular formula is C18H25N5O5. The Bertz CT molecular complexity index is 800. The highest BCUT2D eigenvalue weighted by Gasteiger charge is 2.24. The first-order valence-corrected chi connectivity index (χ1v) is 8.93. The lowest BCUT2D eigenvalue weighted by molar-refractivity contribution is -0.384. The van der Waals surface area contributed by atoms with Crippen LogP contribution >= 0.6 is 0 Å². The number of amides is 2. The average molecular weight is 391 g/mol. The molecule has 1 unspecified atom stereocenters. The number of nitrogens with one attached hydrogen (secondary N) is 3. The molecule has 1 aliphatic rings. The second-order valence-corrected chi connectivity index (χ2v) is 7.48. The number of nitrogens with zero attached hydrogens (tertiary/aromatic N) is 2. The molecule has 0 saturated heterocycles. The average Bonchev–Trinajstić information content (AvgIpc) is 2.57. The Labute approximate surface area is 162 Å². The topological polar surface area (TPSA) is 135 Å². The number of rotatable bonds is 6. The van der Waals surface area contributed by atoms with Crippen molar-refractivity contribution in [3.8, 4) is 0 Å². The van der Waals surface area contributed by atoms with Crippen LogP contribution in [0.4, 0.5) is 16.2 Å². The Morgan fingerprint density at radius 1 is 1.39 bits per heavy atom. The van der Waals surface area contributed by atoms with Crippen LogP contribution in [0.15, 0.2) is 23.3 Å². The summed E-state index contributed by atoms with van der Waals surface area (Å²) in [6.07, 6.45) is -0.270. The number of hydrogen-bond donors (Lipinski definition) is 3. The molecule has 2 amide bonds. The number of hydrogen-bond acceptors (Lipinski definition) is 7. The van der Waals surface area contributed by atoms with Gasteiger partial charge >= 0.3 is 6.09 Å². The fraction of sp³-hybridized carbons (Fsp3) is 0.500. The van der Waals surface area contributed by atoms with E-state index in [0.29, 0.717) is 17.0 Å². The number of nitro benzene ring substituents is 1. The monoisotopic (exact) mass is 391 g/mol. The van der Waals surface area contributed by atoms with Crippen LogP contribution in [0, 0.1) is 16.0 Å². The predicted molar refractivity (Wildman–Crippen MR) is 104 cm³/mol. The van der Waals surface area contributed by atoms with E-state index >= 15 is 0 Å². The number of alkyl carbamates (subject to hydrolysis) is 1. The maximum atomic E-state index is 11.6. The van der Waals surface area contributed by atoms with Crippen molar-refractivity contribution in [1.82, 2.24) is 10.7 Å². The van der Waals surface area contributed by atoms with E-state index in [1.807, 2.05) is 6.92 Å². The van der Waals surface area contributed by atoms with Gasteiger partial charge in [-0.15, -0.1) is 0 Å². The summed E-state index contributed by atoms with van der Waals surface area (Å²) in [5, 5.41) is 21.0. The molecule has 152 valence electrons. The molecule has 10 nitrogen and oxygen atoms in total. The van der Waals surface area contributed by atoms with Gasteiger partial charge in [0.25, 0.3) is 5.69 Å². The van der Waals surface area contributed by atoms with E-state index in [4.69, 9.17) is 4.74 Å². The summed E-state index contributed by atoms with van der Waals surface area (Å²) in [4.78, 5) is 33.9. The van der Waals surface area contributed by atoms with Crippen LogP contribution < -0.4 is 16.1 Å². The standard InChI is InChI=1S/C18H25N5O5/c1-11-9-15(24)21-22-16(11)12-5-6-13(14(10-12)23(26)27)19-7-8-20-17(25)28-18(2,3)4/h5-6,10-11,19H,7-9H2,1-4H3,(H,20,25)(H,21,24). The van der Waals surface area contributed by atoms with E-state index in [2.05, 4.69) is 21.2 Å². The van der Waals surface area contributed by atoms with Crippen molar-refractivity contribution in [3.63, 3.8) is 0 Å². The lowest BCUT2D eigenvalue weighted by atomic mass is 9.93. The number of benzene rings is 1. The van der Waals surface area contributed by atoms with Crippen molar-refractivity contribution in [2.24, 2.45) is 11.0 Å². The van der Waals surface area contributed by atoms with Crippen LogP contribution in [-0.4, -0.2) is 41.3 Å². The van der Waals surface area contributed by atoms with Crippen molar-refractivity contribution in [2.45, 2.75) is 39.7 Å². The van der Waals surface area contributed by atoms with Crippen LogP contribution in [0.1, 0.15) is 39.7 Å². The van der Waals surface area contributed by atoms with Gasteiger partial charge in [0.1, 0.15) is 11.3 Å². The fourth-order valence-electron chi connectivity index (χ4n) is 2.67. The molecule has 1 atom stereocenters. The molecule has 1 heterocycles. The van der Waals surface area contributed by atoms with Crippen LogP contribution in [-0.2, 0) is 9.53 Å². The second-order valence-electron chi connectivity index (χ2n) is 7.48. The van der Waals surface area contributed by atoms with Gasteiger partial charge in [-0.05, 0) is 26.8 Å². The molecular weight excluding hydrogens is 366 g/mol. The van der Waals surface area contributed by atoms with Gasteiger partial charge in [0, 0.05) is 37.1 Å². The maximum Gasteiger partial charge on any atom is 0.407 e. The molecule has 1 aliphatic heterocycles. The molecule has 1 aromatic rings. The van der Waals surface area contributed by atoms with Crippen LogP contribution in [0.2, 0.25) is 0 Å². The fourth-order valence-corrected chi connectivity index (χ4v) is 2.67.